The van der Waals surface area contributed by atoms with Gasteiger partial charge in [-0.15, -0.1) is 17.9 Å². The Kier molecular flexibility index (Phi) is 4.87. The highest BCUT2D eigenvalue weighted by molar-refractivity contribution is 7.10. The van der Waals surface area contributed by atoms with Crippen LogP contribution in [0.2, 0.25) is 0 Å². The molecule has 1 rings (SSSR count). The van der Waals surface area contributed by atoms with E-state index in [-0.39, 0.29) is 6.61 Å². The highest BCUT2D eigenvalue weighted by Crippen LogP contribution is 2.17. The molecule has 0 aliphatic rings. The SMILES string of the molecule is C=CCN(CCO)Cc1sccc1C. The summed E-state index contributed by atoms with van der Waals surface area (Å²) < 4.78 is 0. The number of rotatable bonds is 6. The van der Waals surface area contributed by atoms with E-state index in [0.29, 0.717) is 6.54 Å². The third kappa shape index (κ3) is 3.25. The van der Waals surface area contributed by atoms with E-state index in [2.05, 4.69) is 29.8 Å². The molecule has 0 fully saturated rings. The van der Waals surface area contributed by atoms with Crippen LogP contribution in [0.5, 0.6) is 0 Å². The van der Waals surface area contributed by atoms with Crippen LogP contribution in [0.15, 0.2) is 24.1 Å². The normalized spacial score (nSPS) is 10.8. The van der Waals surface area contributed by atoms with Gasteiger partial charge in [-0.25, -0.2) is 0 Å². The van der Waals surface area contributed by atoms with Crippen molar-refractivity contribution in [1.82, 2.24) is 4.90 Å². The van der Waals surface area contributed by atoms with Gasteiger partial charge in [-0.3, -0.25) is 4.90 Å². The maximum absolute atomic E-state index is 8.89. The number of nitrogens with zero attached hydrogens (tertiary/aromatic N) is 1. The Morgan fingerprint density at radius 2 is 2.43 bits per heavy atom. The maximum Gasteiger partial charge on any atom is 0.0558 e. The van der Waals surface area contributed by atoms with Crippen molar-refractivity contribution in [1.29, 1.82) is 0 Å². The van der Waals surface area contributed by atoms with Crippen molar-refractivity contribution in [3.05, 3.63) is 34.5 Å². The molecule has 1 N–H and O–H groups in total. The van der Waals surface area contributed by atoms with Crippen molar-refractivity contribution < 1.29 is 5.11 Å². The summed E-state index contributed by atoms with van der Waals surface area (Å²) in [6.07, 6.45) is 1.87. The molecule has 0 aliphatic heterocycles. The smallest absolute Gasteiger partial charge is 0.0558 e. The van der Waals surface area contributed by atoms with Crippen LogP contribution in [0.25, 0.3) is 0 Å². The standard InChI is InChI=1S/C11H17NOS/c1-3-5-12(6-7-13)9-11-10(2)4-8-14-11/h3-4,8,13H,1,5-7,9H2,2H3. The van der Waals surface area contributed by atoms with Crippen molar-refractivity contribution in [2.45, 2.75) is 13.5 Å². The molecule has 0 atom stereocenters. The first-order chi connectivity index (χ1) is 6.77. The summed E-state index contributed by atoms with van der Waals surface area (Å²) in [5.74, 6) is 0. The topological polar surface area (TPSA) is 23.5 Å². The fourth-order valence-electron chi connectivity index (χ4n) is 1.33. The molecule has 1 aromatic rings. The first-order valence-electron chi connectivity index (χ1n) is 4.75. The molecule has 78 valence electrons. The summed E-state index contributed by atoms with van der Waals surface area (Å²) in [5, 5.41) is 11.0. The Bertz CT molecular complexity index is 283. The quantitative estimate of drug-likeness (QED) is 0.728. The van der Waals surface area contributed by atoms with Crippen LogP contribution in [-0.4, -0.2) is 29.7 Å². The van der Waals surface area contributed by atoms with E-state index < -0.39 is 0 Å². The predicted molar refractivity (Wildman–Crippen MR) is 61.6 cm³/mol. The minimum absolute atomic E-state index is 0.207. The van der Waals surface area contributed by atoms with Crippen molar-refractivity contribution in [3.8, 4) is 0 Å². The Morgan fingerprint density at radius 1 is 1.64 bits per heavy atom. The largest absolute Gasteiger partial charge is 0.395 e. The van der Waals surface area contributed by atoms with Gasteiger partial charge in [-0.2, -0.15) is 0 Å². The second-order valence-corrected chi connectivity index (χ2v) is 4.27. The lowest BCUT2D eigenvalue weighted by molar-refractivity contribution is 0.204. The minimum Gasteiger partial charge on any atom is -0.395 e. The van der Waals surface area contributed by atoms with Crippen molar-refractivity contribution >= 4 is 11.3 Å². The van der Waals surface area contributed by atoms with Crippen LogP contribution >= 0.6 is 11.3 Å². The summed E-state index contributed by atoms with van der Waals surface area (Å²) in [7, 11) is 0. The molecule has 0 aliphatic carbocycles. The van der Waals surface area contributed by atoms with Gasteiger partial charge >= 0.3 is 0 Å². The molecule has 0 saturated heterocycles. The van der Waals surface area contributed by atoms with E-state index in [1.165, 1.54) is 10.4 Å². The first kappa shape index (κ1) is 11.4. The maximum atomic E-state index is 8.89. The van der Waals surface area contributed by atoms with Crippen molar-refractivity contribution in [2.24, 2.45) is 0 Å². The average molecular weight is 211 g/mol. The lowest BCUT2D eigenvalue weighted by Gasteiger charge is -2.18. The highest BCUT2D eigenvalue weighted by atomic mass is 32.1. The number of hydrogen-bond donors (Lipinski definition) is 1. The van der Waals surface area contributed by atoms with Gasteiger partial charge in [0.2, 0.25) is 0 Å². The summed E-state index contributed by atoms with van der Waals surface area (Å²) in [5.41, 5.74) is 1.34. The van der Waals surface area contributed by atoms with E-state index in [9.17, 15) is 0 Å². The van der Waals surface area contributed by atoms with Crippen molar-refractivity contribution in [3.63, 3.8) is 0 Å². The van der Waals surface area contributed by atoms with Gasteiger partial charge in [0.25, 0.3) is 0 Å². The Balaban J connectivity index is 2.54. The number of aliphatic hydroxyl groups excluding tert-OH is 1. The summed E-state index contributed by atoms with van der Waals surface area (Å²) >= 11 is 1.77. The number of hydrogen-bond acceptors (Lipinski definition) is 3. The van der Waals surface area contributed by atoms with Crippen LogP contribution in [-0.2, 0) is 6.54 Å². The first-order valence-corrected chi connectivity index (χ1v) is 5.63. The molecule has 3 heteroatoms. The third-order valence-corrected chi connectivity index (χ3v) is 3.15. The summed E-state index contributed by atoms with van der Waals surface area (Å²) in [6.45, 7) is 8.50. The molecule has 0 aromatic carbocycles. The molecule has 0 radical (unpaired) electrons. The summed E-state index contributed by atoms with van der Waals surface area (Å²) in [6, 6.07) is 2.13. The van der Waals surface area contributed by atoms with Gasteiger partial charge in [0.15, 0.2) is 0 Å². The van der Waals surface area contributed by atoms with E-state index in [1.807, 2.05) is 6.08 Å². The molecular weight excluding hydrogens is 194 g/mol. The summed E-state index contributed by atoms with van der Waals surface area (Å²) in [4.78, 5) is 3.56. The predicted octanol–water partition coefficient (Wildman–Crippen LogP) is 2.04. The lowest BCUT2D eigenvalue weighted by atomic mass is 10.3. The minimum atomic E-state index is 0.207. The molecule has 1 aromatic heterocycles. The monoisotopic (exact) mass is 211 g/mol. The molecule has 0 unspecified atom stereocenters. The van der Waals surface area contributed by atoms with Gasteiger partial charge in [0, 0.05) is 24.5 Å². The van der Waals surface area contributed by atoms with Gasteiger partial charge in [-0.1, -0.05) is 6.08 Å². The average Bonchev–Trinajstić information content (AvgIpc) is 2.53. The van der Waals surface area contributed by atoms with E-state index in [0.717, 1.165) is 13.1 Å². The van der Waals surface area contributed by atoms with Crippen LogP contribution in [0.1, 0.15) is 10.4 Å². The third-order valence-electron chi connectivity index (χ3n) is 2.14. The molecule has 0 amide bonds. The zero-order valence-corrected chi connectivity index (χ0v) is 9.39. The molecule has 0 bridgehead atoms. The highest BCUT2D eigenvalue weighted by Gasteiger charge is 2.06. The Morgan fingerprint density at radius 3 is 2.93 bits per heavy atom. The van der Waals surface area contributed by atoms with Crippen molar-refractivity contribution in [2.75, 3.05) is 19.7 Å². The molecule has 0 saturated carbocycles. The second-order valence-electron chi connectivity index (χ2n) is 3.27. The zero-order chi connectivity index (χ0) is 10.4. The van der Waals surface area contributed by atoms with Gasteiger partial charge in [-0.05, 0) is 23.9 Å². The molecule has 2 nitrogen and oxygen atoms in total. The fourth-order valence-corrected chi connectivity index (χ4v) is 2.28. The zero-order valence-electron chi connectivity index (χ0n) is 8.57. The van der Waals surface area contributed by atoms with Gasteiger partial charge in [0.05, 0.1) is 6.61 Å². The molecule has 0 spiro atoms. The number of aryl methyl sites for hydroxylation is 1. The fraction of sp³-hybridized carbons (Fsp3) is 0.455. The van der Waals surface area contributed by atoms with Gasteiger partial charge < -0.3 is 5.11 Å². The van der Waals surface area contributed by atoms with Crippen LogP contribution in [0, 0.1) is 6.92 Å². The number of aliphatic hydroxyl groups is 1. The van der Waals surface area contributed by atoms with Gasteiger partial charge in [0.1, 0.15) is 0 Å². The molecular formula is C11H17NOS. The van der Waals surface area contributed by atoms with Crippen LogP contribution in [0.4, 0.5) is 0 Å². The van der Waals surface area contributed by atoms with E-state index >= 15 is 0 Å². The second kappa shape index (κ2) is 5.96. The van der Waals surface area contributed by atoms with E-state index in [1.54, 1.807) is 11.3 Å². The number of thiophene rings is 1. The molecule has 1 heterocycles. The Labute approximate surface area is 89.5 Å². The Hall–Kier alpha value is -0.640. The van der Waals surface area contributed by atoms with E-state index in [4.69, 9.17) is 5.11 Å². The lowest BCUT2D eigenvalue weighted by Crippen LogP contribution is -2.26. The van der Waals surface area contributed by atoms with Crippen LogP contribution in [0.3, 0.4) is 0 Å². The van der Waals surface area contributed by atoms with Crippen LogP contribution < -0.4 is 0 Å². The molecule has 14 heavy (non-hydrogen) atoms.